The predicted molar refractivity (Wildman–Crippen MR) is 60.2 cm³/mol. The number of carboxylic acids is 1. The number of carbonyl (C=O) groups excluding carboxylic acids is 1. The van der Waals surface area contributed by atoms with Gasteiger partial charge in [0.1, 0.15) is 6.04 Å². The van der Waals surface area contributed by atoms with Crippen LogP contribution in [0.25, 0.3) is 0 Å². The Morgan fingerprint density at radius 3 is 2.44 bits per heavy atom. The number of ether oxygens (including phenoxy) is 1. The van der Waals surface area contributed by atoms with Crippen LogP contribution in [-0.2, 0) is 14.3 Å². The number of carbonyl (C=O) groups is 2. The van der Waals surface area contributed by atoms with Gasteiger partial charge in [-0.3, -0.25) is 4.79 Å². The van der Waals surface area contributed by atoms with Gasteiger partial charge < -0.3 is 15.2 Å². The Hall–Kier alpha value is -1.10. The largest absolute Gasteiger partial charge is 0.480 e. The van der Waals surface area contributed by atoms with Crippen LogP contribution in [0.5, 0.6) is 0 Å². The molecule has 0 aliphatic rings. The van der Waals surface area contributed by atoms with Crippen LogP contribution in [0.4, 0.5) is 0 Å². The number of hydrogen-bond donors (Lipinski definition) is 2. The molecule has 0 fully saturated rings. The molecule has 0 aromatic rings. The van der Waals surface area contributed by atoms with E-state index < -0.39 is 12.0 Å². The van der Waals surface area contributed by atoms with Gasteiger partial charge in [0.25, 0.3) is 0 Å². The van der Waals surface area contributed by atoms with Gasteiger partial charge in [0.05, 0.1) is 6.10 Å². The summed E-state index contributed by atoms with van der Waals surface area (Å²) in [6, 6.07) is -0.779. The highest BCUT2D eigenvalue weighted by molar-refractivity contribution is 5.83. The third kappa shape index (κ3) is 7.23. The van der Waals surface area contributed by atoms with Crippen LogP contribution in [0.3, 0.4) is 0 Å². The standard InChI is InChI=1S/C11H21NO4/c1-4-9(11(14)15)12-10(13)6-5-7-16-8(2)3/h8-9H,4-7H2,1-3H3,(H,12,13)(H,14,15). The highest BCUT2D eigenvalue weighted by Crippen LogP contribution is 1.97. The monoisotopic (exact) mass is 231 g/mol. The van der Waals surface area contributed by atoms with Crippen LogP contribution >= 0.6 is 0 Å². The van der Waals surface area contributed by atoms with Crippen molar-refractivity contribution in [1.82, 2.24) is 5.32 Å². The Kier molecular flexibility index (Phi) is 7.54. The molecule has 0 aliphatic carbocycles. The van der Waals surface area contributed by atoms with Crippen molar-refractivity contribution in [2.75, 3.05) is 6.61 Å². The first kappa shape index (κ1) is 14.9. The number of hydrogen-bond acceptors (Lipinski definition) is 3. The van der Waals surface area contributed by atoms with Gasteiger partial charge in [-0.05, 0) is 26.7 Å². The molecule has 1 atom stereocenters. The van der Waals surface area contributed by atoms with Gasteiger partial charge in [0.2, 0.25) is 5.91 Å². The van der Waals surface area contributed by atoms with Gasteiger partial charge in [-0.15, -0.1) is 0 Å². The fraction of sp³-hybridized carbons (Fsp3) is 0.818. The Balaban J connectivity index is 3.69. The lowest BCUT2D eigenvalue weighted by atomic mass is 10.2. The van der Waals surface area contributed by atoms with Crippen molar-refractivity contribution in [3.8, 4) is 0 Å². The molecule has 0 rings (SSSR count). The Morgan fingerprint density at radius 1 is 1.38 bits per heavy atom. The molecule has 0 saturated carbocycles. The summed E-state index contributed by atoms with van der Waals surface area (Å²) < 4.78 is 5.27. The summed E-state index contributed by atoms with van der Waals surface area (Å²) in [5.74, 6) is -1.23. The molecule has 0 bridgehead atoms. The summed E-state index contributed by atoms with van der Waals surface area (Å²) in [7, 11) is 0. The topological polar surface area (TPSA) is 75.6 Å². The van der Waals surface area contributed by atoms with Crippen LogP contribution in [0.1, 0.15) is 40.0 Å². The van der Waals surface area contributed by atoms with E-state index in [4.69, 9.17) is 9.84 Å². The highest BCUT2D eigenvalue weighted by atomic mass is 16.5. The van der Waals surface area contributed by atoms with Gasteiger partial charge in [-0.2, -0.15) is 0 Å². The lowest BCUT2D eigenvalue weighted by molar-refractivity contribution is -0.141. The second kappa shape index (κ2) is 8.10. The molecule has 94 valence electrons. The smallest absolute Gasteiger partial charge is 0.326 e. The van der Waals surface area contributed by atoms with Gasteiger partial charge in [-0.1, -0.05) is 6.92 Å². The summed E-state index contributed by atoms with van der Waals surface area (Å²) in [5.41, 5.74) is 0. The SMILES string of the molecule is CCC(NC(=O)CCCOC(C)C)C(=O)O. The van der Waals surface area contributed by atoms with E-state index in [1.807, 2.05) is 13.8 Å². The summed E-state index contributed by atoms with van der Waals surface area (Å²) in [6.07, 6.45) is 1.46. The summed E-state index contributed by atoms with van der Waals surface area (Å²) >= 11 is 0. The van der Waals surface area contributed by atoms with Crippen LogP contribution in [0.15, 0.2) is 0 Å². The number of carboxylic acid groups (broad SMARTS) is 1. The maximum Gasteiger partial charge on any atom is 0.326 e. The van der Waals surface area contributed by atoms with E-state index in [0.717, 1.165) is 0 Å². The second-order valence-corrected chi connectivity index (χ2v) is 3.89. The van der Waals surface area contributed by atoms with Gasteiger partial charge in [-0.25, -0.2) is 4.79 Å². The van der Waals surface area contributed by atoms with Crippen molar-refractivity contribution in [2.45, 2.75) is 52.2 Å². The van der Waals surface area contributed by atoms with Gasteiger partial charge in [0, 0.05) is 13.0 Å². The summed E-state index contributed by atoms with van der Waals surface area (Å²) in [5, 5.41) is 11.2. The molecular weight excluding hydrogens is 210 g/mol. The Labute approximate surface area is 96.2 Å². The fourth-order valence-electron chi connectivity index (χ4n) is 1.16. The molecule has 5 heteroatoms. The first-order valence-electron chi connectivity index (χ1n) is 5.61. The minimum atomic E-state index is -0.991. The van der Waals surface area contributed by atoms with E-state index in [2.05, 4.69) is 5.32 Å². The zero-order valence-electron chi connectivity index (χ0n) is 10.2. The van der Waals surface area contributed by atoms with Crippen molar-refractivity contribution in [2.24, 2.45) is 0 Å². The predicted octanol–water partition coefficient (Wildman–Crippen LogP) is 1.17. The van der Waals surface area contributed by atoms with Crippen LogP contribution in [0, 0.1) is 0 Å². The van der Waals surface area contributed by atoms with E-state index in [0.29, 0.717) is 25.9 Å². The molecule has 0 heterocycles. The summed E-state index contributed by atoms with van der Waals surface area (Å²) in [6.45, 7) is 6.10. The third-order valence-corrected chi connectivity index (χ3v) is 2.04. The normalized spacial score (nSPS) is 12.5. The molecule has 1 unspecified atom stereocenters. The molecule has 5 nitrogen and oxygen atoms in total. The highest BCUT2D eigenvalue weighted by Gasteiger charge is 2.16. The summed E-state index contributed by atoms with van der Waals surface area (Å²) in [4.78, 5) is 22.0. The molecule has 0 aromatic carbocycles. The molecule has 0 saturated heterocycles. The molecule has 0 aromatic heterocycles. The zero-order chi connectivity index (χ0) is 12.6. The van der Waals surface area contributed by atoms with E-state index in [9.17, 15) is 9.59 Å². The molecule has 0 spiro atoms. The molecule has 0 aliphatic heterocycles. The lowest BCUT2D eigenvalue weighted by Crippen LogP contribution is -2.40. The minimum absolute atomic E-state index is 0.158. The van der Waals surface area contributed by atoms with Gasteiger partial charge >= 0.3 is 5.97 Å². The fourth-order valence-corrected chi connectivity index (χ4v) is 1.16. The number of aliphatic carboxylic acids is 1. The van der Waals surface area contributed by atoms with Gasteiger partial charge in [0.15, 0.2) is 0 Å². The van der Waals surface area contributed by atoms with Crippen molar-refractivity contribution < 1.29 is 19.4 Å². The van der Waals surface area contributed by atoms with E-state index in [1.54, 1.807) is 6.92 Å². The van der Waals surface area contributed by atoms with Crippen molar-refractivity contribution >= 4 is 11.9 Å². The maximum atomic E-state index is 11.3. The van der Waals surface area contributed by atoms with E-state index in [1.165, 1.54) is 0 Å². The number of amides is 1. The van der Waals surface area contributed by atoms with E-state index in [-0.39, 0.29) is 12.0 Å². The zero-order valence-corrected chi connectivity index (χ0v) is 10.2. The average Bonchev–Trinajstić information content (AvgIpc) is 2.20. The molecular formula is C11H21NO4. The number of rotatable bonds is 8. The first-order valence-corrected chi connectivity index (χ1v) is 5.61. The van der Waals surface area contributed by atoms with Crippen molar-refractivity contribution in [3.05, 3.63) is 0 Å². The first-order chi connectivity index (χ1) is 7.47. The quantitative estimate of drug-likeness (QED) is 0.615. The molecule has 16 heavy (non-hydrogen) atoms. The average molecular weight is 231 g/mol. The lowest BCUT2D eigenvalue weighted by Gasteiger charge is -2.12. The third-order valence-electron chi connectivity index (χ3n) is 2.04. The molecule has 0 radical (unpaired) electrons. The molecule has 1 amide bonds. The second-order valence-electron chi connectivity index (χ2n) is 3.89. The van der Waals surface area contributed by atoms with E-state index >= 15 is 0 Å². The Morgan fingerprint density at radius 2 is 2.00 bits per heavy atom. The molecule has 2 N–H and O–H groups in total. The van der Waals surface area contributed by atoms with Crippen LogP contribution < -0.4 is 5.32 Å². The van der Waals surface area contributed by atoms with Crippen LogP contribution in [-0.4, -0.2) is 35.7 Å². The van der Waals surface area contributed by atoms with Crippen LogP contribution in [0.2, 0.25) is 0 Å². The number of nitrogens with one attached hydrogen (secondary N) is 1. The maximum absolute atomic E-state index is 11.3. The Bertz CT molecular complexity index is 228. The van der Waals surface area contributed by atoms with Crippen molar-refractivity contribution in [1.29, 1.82) is 0 Å². The van der Waals surface area contributed by atoms with Crippen molar-refractivity contribution in [3.63, 3.8) is 0 Å². The minimum Gasteiger partial charge on any atom is -0.480 e.